The van der Waals surface area contributed by atoms with Crippen molar-refractivity contribution in [1.29, 1.82) is 0 Å². The van der Waals surface area contributed by atoms with E-state index in [0.29, 0.717) is 11.4 Å². The standard InChI is InChI=1S/C11H17N3O2/c1-5-11(3,4)13-10-6-8(2)9(7-12-10)14(15)16/h6-7H,5H2,1-4H3,(H,12,13). The first kappa shape index (κ1) is 12.4. The van der Waals surface area contributed by atoms with E-state index in [-0.39, 0.29) is 11.2 Å². The third-order valence-corrected chi connectivity index (χ3v) is 2.63. The molecule has 1 N–H and O–H groups in total. The molecule has 1 rings (SSSR count). The Bertz CT molecular complexity index is 402. The first-order valence-electron chi connectivity index (χ1n) is 5.25. The van der Waals surface area contributed by atoms with Gasteiger partial charge in [0.1, 0.15) is 12.0 Å². The summed E-state index contributed by atoms with van der Waals surface area (Å²) in [7, 11) is 0. The van der Waals surface area contributed by atoms with E-state index in [2.05, 4.69) is 31.1 Å². The summed E-state index contributed by atoms with van der Waals surface area (Å²) in [6, 6.07) is 1.70. The molecule has 0 atom stereocenters. The number of anilines is 1. The predicted octanol–water partition coefficient (Wildman–Crippen LogP) is 2.90. The molecule has 0 spiro atoms. The second-order valence-electron chi connectivity index (χ2n) is 4.48. The summed E-state index contributed by atoms with van der Waals surface area (Å²) in [6.07, 6.45) is 2.24. The maximum Gasteiger partial charge on any atom is 0.290 e. The lowest BCUT2D eigenvalue weighted by atomic mass is 10.0. The van der Waals surface area contributed by atoms with E-state index < -0.39 is 4.92 Å². The Hall–Kier alpha value is -1.65. The maximum absolute atomic E-state index is 10.6. The highest BCUT2D eigenvalue weighted by molar-refractivity contribution is 5.47. The monoisotopic (exact) mass is 223 g/mol. The number of hydrogen-bond acceptors (Lipinski definition) is 4. The molecule has 0 saturated heterocycles. The number of nitro groups is 1. The zero-order valence-corrected chi connectivity index (χ0v) is 10.1. The number of rotatable bonds is 4. The van der Waals surface area contributed by atoms with E-state index in [1.807, 2.05) is 0 Å². The highest BCUT2D eigenvalue weighted by atomic mass is 16.6. The lowest BCUT2D eigenvalue weighted by Crippen LogP contribution is -2.30. The van der Waals surface area contributed by atoms with Crippen molar-refractivity contribution in [3.63, 3.8) is 0 Å². The molecule has 1 aromatic heterocycles. The van der Waals surface area contributed by atoms with E-state index >= 15 is 0 Å². The summed E-state index contributed by atoms with van der Waals surface area (Å²) in [4.78, 5) is 14.2. The summed E-state index contributed by atoms with van der Waals surface area (Å²) in [5.74, 6) is 0.676. The zero-order chi connectivity index (χ0) is 12.3. The van der Waals surface area contributed by atoms with Gasteiger partial charge in [-0.15, -0.1) is 0 Å². The zero-order valence-electron chi connectivity index (χ0n) is 10.1. The molecule has 0 bridgehead atoms. The molecular weight excluding hydrogens is 206 g/mol. The minimum absolute atomic E-state index is 0.0554. The van der Waals surface area contributed by atoms with Gasteiger partial charge < -0.3 is 5.32 Å². The second kappa shape index (κ2) is 4.47. The Balaban J connectivity index is 2.94. The van der Waals surface area contributed by atoms with Gasteiger partial charge in [-0.1, -0.05) is 6.92 Å². The molecule has 1 aromatic rings. The molecule has 0 amide bonds. The smallest absolute Gasteiger partial charge is 0.290 e. The maximum atomic E-state index is 10.6. The highest BCUT2D eigenvalue weighted by Crippen LogP contribution is 2.22. The topological polar surface area (TPSA) is 68.1 Å². The van der Waals surface area contributed by atoms with Crippen molar-refractivity contribution in [3.8, 4) is 0 Å². The van der Waals surface area contributed by atoms with Gasteiger partial charge in [-0.2, -0.15) is 0 Å². The fourth-order valence-corrected chi connectivity index (χ4v) is 1.24. The van der Waals surface area contributed by atoms with Crippen LogP contribution in [0.5, 0.6) is 0 Å². The van der Waals surface area contributed by atoms with Crippen LogP contribution in [-0.2, 0) is 0 Å². The average Bonchev–Trinajstić information content (AvgIpc) is 2.16. The average molecular weight is 223 g/mol. The van der Waals surface area contributed by atoms with Crippen LogP contribution in [0.4, 0.5) is 11.5 Å². The summed E-state index contributed by atoms with van der Waals surface area (Å²) in [5.41, 5.74) is 0.615. The quantitative estimate of drug-likeness (QED) is 0.629. The molecule has 1 heterocycles. The molecule has 0 saturated carbocycles. The van der Waals surface area contributed by atoms with Crippen LogP contribution in [0.15, 0.2) is 12.3 Å². The van der Waals surface area contributed by atoms with Crippen LogP contribution in [0.2, 0.25) is 0 Å². The van der Waals surface area contributed by atoms with Gasteiger partial charge in [0, 0.05) is 11.1 Å². The SMILES string of the molecule is CCC(C)(C)Nc1cc(C)c([N+](=O)[O-])cn1. The lowest BCUT2D eigenvalue weighted by Gasteiger charge is -2.25. The van der Waals surface area contributed by atoms with E-state index in [0.717, 1.165) is 6.42 Å². The van der Waals surface area contributed by atoms with Crippen molar-refractivity contribution in [1.82, 2.24) is 4.98 Å². The molecule has 0 aliphatic heterocycles. The highest BCUT2D eigenvalue weighted by Gasteiger charge is 2.17. The number of hydrogen-bond donors (Lipinski definition) is 1. The number of nitrogens with one attached hydrogen (secondary N) is 1. The molecule has 0 unspecified atom stereocenters. The predicted molar refractivity (Wildman–Crippen MR) is 63.6 cm³/mol. The summed E-state index contributed by atoms with van der Waals surface area (Å²) < 4.78 is 0. The molecule has 0 aliphatic carbocycles. The largest absolute Gasteiger partial charge is 0.365 e. The van der Waals surface area contributed by atoms with Crippen LogP contribution >= 0.6 is 0 Å². The van der Waals surface area contributed by atoms with Gasteiger partial charge in [0.2, 0.25) is 0 Å². The Morgan fingerprint density at radius 3 is 2.62 bits per heavy atom. The van der Waals surface area contributed by atoms with Gasteiger partial charge in [-0.05, 0) is 33.3 Å². The van der Waals surface area contributed by atoms with Crippen molar-refractivity contribution in [3.05, 3.63) is 27.9 Å². The lowest BCUT2D eigenvalue weighted by molar-refractivity contribution is -0.385. The third kappa shape index (κ3) is 2.92. The Labute approximate surface area is 95.0 Å². The number of nitrogens with zero attached hydrogens (tertiary/aromatic N) is 2. The number of aryl methyl sites for hydroxylation is 1. The second-order valence-corrected chi connectivity index (χ2v) is 4.48. The van der Waals surface area contributed by atoms with Gasteiger partial charge in [-0.3, -0.25) is 10.1 Å². The van der Waals surface area contributed by atoms with Crippen molar-refractivity contribution >= 4 is 11.5 Å². The van der Waals surface area contributed by atoms with Crippen LogP contribution in [-0.4, -0.2) is 15.4 Å². The molecule has 5 nitrogen and oxygen atoms in total. The minimum Gasteiger partial charge on any atom is -0.365 e. The van der Waals surface area contributed by atoms with Gasteiger partial charge in [0.05, 0.1) is 4.92 Å². The molecule has 0 fully saturated rings. The van der Waals surface area contributed by atoms with Gasteiger partial charge >= 0.3 is 0 Å². The fourth-order valence-electron chi connectivity index (χ4n) is 1.24. The minimum atomic E-state index is -0.420. The Kier molecular flexibility index (Phi) is 3.47. The summed E-state index contributed by atoms with van der Waals surface area (Å²) in [5, 5.41) is 13.9. The van der Waals surface area contributed by atoms with Gasteiger partial charge in [0.25, 0.3) is 5.69 Å². The molecule has 0 aromatic carbocycles. The number of aromatic nitrogens is 1. The van der Waals surface area contributed by atoms with Crippen LogP contribution in [0.1, 0.15) is 32.8 Å². The first-order chi connectivity index (χ1) is 7.35. The molecule has 5 heteroatoms. The van der Waals surface area contributed by atoms with Gasteiger partial charge in [-0.25, -0.2) is 4.98 Å². The normalized spacial score (nSPS) is 11.2. The molecule has 0 radical (unpaired) electrons. The fraction of sp³-hybridized carbons (Fsp3) is 0.545. The van der Waals surface area contributed by atoms with Crippen LogP contribution < -0.4 is 5.32 Å². The van der Waals surface area contributed by atoms with Crippen molar-refractivity contribution in [2.75, 3.05) is 5.32 Å². The Morgan fingerprint density at radius 2 is 2.19 bits per heavy atom. The third-order valence-electron chi connectivity index (χ3n) is 2.63. The van der Waals surface area contributed by atoms with Crippen molar-refractivity contribution in [2.45, 2.75) is 39.7 Å². The first-order valence-corrected chi connectivity index (χ1v) is 5.25. The number of pyridine rings is 1. The Morgan fingerprint density at radius 1 is 1.56 bits per heavy atom. The van der Waals surface area contributed by atoms with Crippen LogP contribution in [0, 0.1) is 17.0 Å². The van der Waals surface area contributed by atoms with Crippen LogP contribution in [0.3, 0.4) is 0 Å². The summed E-state index contributed by atoms with van der Waals surface area (Å²) in [6.45, 7) is 7.91. The van der Waals surface area contributed by atoms with Crippen molar-refractivity contribution < 1.29 is 4.92 Å². The molecule has 16 heavy (non-hydrogen) atoms. The molecule has 0 aliphatic rings. The van der Waals surface area contributed by atoms with Crippen LogP contribution in [0.25, 0.3) is 0 Å². The van der Waals surface area contributed by atoms with Crippen molar-refractivity contribution in [2.24, 2.45) is 0 Å². The van der Waals surface area contributed by atoms with E-state index in [9.17, 15) is 10.1 Å². The molecular formula is C11H17N3O2. The van der Waals surface area contributed by atoms with Gasteiger partial charge in [0.15, 0.2) is 0 Å². The molecule has 88 valence electrons. The van der Waals surface area contributed by atoms with E-state index in [4.69, 9.17) is 0 Å². The van der Waals surface area contributed by atoms with E-state index in [1.54, 1.807) is 13.0 Å². The summed E-state index contributed by atoms with van der Waals surface area (Å²) >= 11 is 0. The van der Waals surface area contributed by atoms with E-state index in [1.165, 1.54) is 6.20 Å².